The molecule has 0 unspecified atom stereocenters. The third kappa shape index (κ3) is 4.95. The molecular formula is C22H22N4O3. The average Bonchev–Trinajstić information content (AvgIpc) is 2.75. The lowest BCUT2D eigenvalue weighted by Crippen LogP contribution is -2.15. The average molecular weight is 390 g/mol. The topological polar surface area (TPSA) is 93.2 Å². The standard InChI is InChI=1S/C22H22N4O3/c1-3-15-9-5-7-11-17(15)24-21(27)19-13-14-20(26-25-19)23-18-12-8-6-10-16(18)22(28)29-4-2/h5-14H,3-4H2,1-2H3,(H,23,26)(H,24,27). The fourth-order valence-electron chi connectivity index (χ4n) is 2.77. The van der Waals surface area contributed by atoms with Crippen LogP contribution in [-0.2, 0) is 11.2 Å². The number of hydrogen-bond donors (Lipinski definition) is 2. The van der Waals surface area contributed by atoms with E-state index in [0.29, 0.717) is 17.1 Å². The quantitative estimate of drug-likeness (QED) is 0.587. The highest BCUT2D eigenvalue weighted by atomic mass is 16.5. The van der Waals surface area contributed by atoms with Crippen LogP contribution in [0.2, 0.25) is 0 Å². The first kappa shape index (κ1) is 20.0. The summed E-state index contributed by atoms with van der Waals surface area (Å²) in [6.45, 7) is 4.07. The Morgan fingerprint density at radius 2 is 1.62 bits per heavy atom. The Bertz CT molecular complexity index is 1000. The predicted octanol–water partition coefficient (Wildman–Crippen LogP) is 4.21. The van der Waals surface area contributed by atoms with Gasteiger partial charge >= 0.3 is 5.97 Å². The van der Waals surface area contributed by atoms with E-state index in [1.54, 1.807) is 43.3 Å². The van der Waals surface area contributed by atoms with Gasteiger partial charge in [-0.15, -0.1) is 10.2 Å². The SMILES string of the molecule is CCOC(=O)c1ccccc1Nc1ccc(C(=O)Nc2ccccc2CC)nn1. The summed E-state index contributed by atoms with van der Waals surface area (Å²) in [6.07, 6.45) is 0.810. The molecule has 2 N–H and O–H groups in total. The molecule has 0 saturated carbocycles. The molecule has 7 heteroatoms. The van der Waals surface area contributed by atoms with Crippen LogP contribution in [0.15, 0.2) is 60.7 Å². The van der Waals surface area contributed by atoms with E-state index < -0.39 is 5.97 Å². The van der Waals surface area contributed by atoms with Gasteiger partial charge in [0.05, 0.1) is 17.9 Å². The van der Waals surface area contributed by atoms with Gasteiger partial charge in [0.15, 0.2) is 11.5 Å². The second kappa shape index (κ2) is 9.45. The first-order valence-corrected chi connectivity index (χ1v) is 9.38. The molecule has 0 atom stereocenters. The van der Waals surface area contributed by atoms with Gasteiger partial charge in [-0.05, 0) is 49.2 Å². The smallest absolute Gasteiger partial charge is 0.340 e. The van der Waals surface area contributed by atoms with Crippen LogP contribution in [0.25, 0.3) is 0 Å². The number of nitrogens with one attached hydrogen (secondary N) is 2. The highest BCUT2D eigenvalue weighted by Gasteiger charge is 2.14. The Morgan fingerprint density at radius 1 is 0.897 bits per heavy atom. The Kier molecular flexibility index (Phi) is 6.52. The number of nitrogens with zero attached hydrogens (tertiary/aromatic N) is 2. The molecule has 7 nitrogen and oxygen atoms in total. The molecule has 3 aromatic rings. The maximum atomic E-state index is 12.5. The highest BCUT2D eigenvalue weighted by molar-refractivity contribution is 6.03. The number of amides is 1. The number of rotatable bonds is 7. The third-order valence-corrected chi connectivity index (χ3v) is 4.23. The van der Waals surface area contributed by atoms with Crippen molar-refractivity contribution in [2.24, 2.45) is 0 Å². The number of aryl methyl sites for hydroxylation is 1. The zero-order valence-electron chi connectivity index (χ0n) is 16.3. The van der Waals surface area contributed by atoms with Crippen LogP contribution in [0.3, 0.4) is 0 Å². The van der Waals surface area contributed by atoms with Crippen molar-refractivity contribution >= 4 is 29.1 Å². The first-order chi connectivity index (χ1) is 14.1. The Morgan fingerprint density at radius 3 is 2.31 bits per heavy atom. The van der Waals surface area contributed by atoms with Crippen molar-refractivity contribution in [1.82, 2.24) is 10.2 Å². The lowest BCUT2D eigenvalue weighted by molar-refractivity contribution is 0.0527. The zero-order chi connectivity index (χ0) is 20.6. The number of esters is 1. The van der Waals surface area contributed by atoms with Crippen LogP contribution < -0.4 is 10.6 Å². The van der Waals surface area contributed by atoms with Crippen LogP contribution in [-0.4, -0.2) is 28.7 Å². The molecule has 1 heterocycles. The number of ether oxygens (including phenoxy) is 1. The van der Waals surface area contributed by atoms with E-state index in [0.717, 1.165) is 17.7 Å². The Hall–Kier alpha value is -3.74. The van der Waals surface area contributed by atoms with Gasteiger partial charge in [0.2, 0.25) is 0 Å². The summed E-state index contributed by atoms with van der Waals surface area (Å²) in [6, 6.07) is 17.8. The molecule has 0 aliphatic carbocycles. The van der Waals surface area contributed by atoms with E-state index >= 15 is 0 Å². The zero-order valence-corrected chi connectivity index (χ0v) is 16.3. The minimum Gasteiger partial charge on any atom is -0.462 e. The van der Waals surface area contributed by atoms with Crippen molar-refractivity contribution in [2.75, 3.05) is 17.2 Å². The first-order valence-electron chi connectivity index (χ1n) is 9.38. The van der Waals surface area contributed by atoms with Gasteiger partial charge in [-0.1, -0.05) is 37.3 Å². The van der Waals surface area contributed by atoms with Gasteiger partial charge in [0.1, 0.15) is 0 Å². The number of carbonyl (C=O) groups excluding carboxylic acids is 2. The van der Waals surface area contributed by atoms with Crippen molar-refractivity contribution in [3.63, 3.8) is 0 Å². The maximum Gasteiger partial charge on any atom is 0.340 e. The van der Waals surface area contributed by atoms with Crippen molar-refractivity contribution in [1.29, 1.82) is 0 Å². The van der Waals surface area contributed by atoms with Gasteiger partial charge in [0.25, 0.3) is 5.91 Å². The molecule has 0 aliphatic heterocycles. The van der Waals surface area contributed by atoms with E-state index in [2.05, 4.69) is 20.8 Å². The van der Waals surface area contributed by atoms with E-state index in [9.17, 15) is 9.59 Å². The third-order valence-electron chi connectivity index (χ3n) is 4.23. The molecule has 2 aromatic carbocycles. The van der Waals surface area contributed by atoms with Crippen molar-refractivity contribution in [3.05, 3.63) is 77.5 Å². The fourth-order valence-corrected chi connectivity index (χ4v) is 2.77. The van der Waals surface area contributed by atoms with Crippen LogP contribution in [0.5, 0.6) is 0 Å². The molecule has 0 saturated heterocycles. The number of aromatic nitrogens is 2. The van der Waals surface area contributed by atoms with Crippen molar-refractivity contribution < 1.29 is 14.3 Å². The number of benzene rings is 2. The van der Waals surface area contributed by atoms with E-state index in [1.807, 2.05) is 31.2 Å². The monoisotopic (exact) mass is 390 g/mol. The summed E-state index contributed by atoms with van der Waals surface area (Å²) >= 11 is 0. The lowest BCUT2D eigenvalue weighted by Gasteiger charge is -2.11. The predicted molar refractivity (Wildman–Crippen MR) is 111 cm³/mol. The molecule has 3 rings (SSSR count). The summed E-state index contributed by atoms with van der Waals surface area (Å²) < 4.78 is 5.06. The summed E-state index contributed by atoms with van der Waals surface area (Å²) in [5.41, 5.74) is 2.94. The lowest BCUT2D eigenvalue weighted by atomic mass is 10.1. The summed E-state index contributed by atoms with van der Waals surface area (Å²) in [7, 11) is 0. The fraction of sp³-hybridized carbons (Fsp3) is 0.182. The van der Waals surface area contributed by atoms with Crippen LogP contribution in [0, 0.1) is 0 Å². The van der Waals surface area contributed by atoms with Crippen LogP contribution in [0.1, 0.15) is 40.3 Å². The van der Waals surface area contributed by atoms with Crippen molar-refractivity contribution in [3.8, 4) is 0 Å². The van der Waals surface area contributed by atoms with Crippen LogP contribution >= 0.6 is 0 Å². The van der Waals surface area contributed by atoms with Crippen molar-refractivity contribution in [2.45, 2.75) is 20.3 Å². The molecular weight excluding hydrogens is 368 g/mol. The van der Waals surface area contributed by atoms with Gasteiger partial charge in [-0.2, -0.15) is 0 Å². The molecule has 0 fully saturated rings. The largest absolute Gasteiger partial charge is 0.462 e. The summed E-state index contributed by atoms with van der Waals surface area (Å²) in [4.78, 5) is 24.5. The Balaban J connectivity index is 1.73. The minimum atomic E-state index is -0.422. The minimum absolute atomic E-state index is 0.195. The molecule has 0 aliphatic rings. The van der Waals surface area contributed by atoms with Gasteiger partial charge in [-0.3, -0.25) is 4.79 Å². The number of hydrogen-bond acceptors (Lipinski definition) is 6. The Labute approximate surface area is 169 Å². The molecule has 0 spiro atoms. The molecule has 29 heavy (non-hydrogen) atoms. The molecule has 1 amide bonds. The number of carbonyl (C=O) groups is 2. The second-order valence-electron chi connectivity index (χ2n) is 6.16. The van der Waals surface area contributed by atoms with E-state index in [-0.39, 0.29) is 18.2 Å². The molecule has 0 radical (unpaired) electrons. The van der Waals surface area contributed by atoms with Gasteiger partial charge in [-0.25, -0.2) is 4.79 Å². The molecule has 0 bridgehead atoms. The highest BCUT2D eigenvalue weighted by Crippen LogP contribution is 2.21. The maximum absolute atomic E-state index is 12.5. The molecule has 148 valence electrons. The number of anilines is 3. The van der Waals surface area contributed by atoms with Gasteiger partial charge in [0, 0.05) is 5.69 Å². The van der Waals surface area contributed by atoms with E-state index in [1.165, 1.54) is 0 Å². The normalized spacial score (nSPS) is 10.3. The molecule has 1 aromatic heterocycles. The summed E-state index contributed by atoms with van der Waals surface area (Å²) in [5.74, 6) is -0.349. The summed E-state index contributed by atoms with van der Waals surface area (Å²) in [5, 5.41) is 13.9. The van der Waals surface area contributed by atoms with E-state index in [4.69, 9.17) is 4.74 Å². The second-order valence-corrected chi connectivity index (χ2v) is 6.16. The van der Waals surface area contributed by atoms with Gasteiger partial charge < -0.3 is 15.4 Å². The van der Waals surface area contributed by atoms with Crippen LogP contribution in [0.4, 0.5) is 17.2 Å². The number of para-hydroxylation sites is 2.